The van der Waals surface area contributed by atoms with Crippen molar-refractivity contribution in [3.05, 3.63) is 35.2 Å². The Morgan fingerprint density at radius 2 is 2.00 bits per heavy atom. The van der Waals surface area contributed by atoms with Crippen LogP contribution in [0.25, 0.3) is 10.1 Å². The lowest BCUT2D eigenvalue weighted by Gasteiger charge is -2.19. The van der Waals surface area contributed by atoms with E-state index in [-0.39, 0.29) is 11.3 Å². The molecule has 0 saturated carbocycles. The van der Waals surface area contributed by atoms with Crippen LogP contribution in [0.2, 0.25) is 0 Å². The number of carbonyl (C=O) groups is 1. The Balaban J connectivity index is 2.02. The molecule has 0 bridgehead atoms. The van der Waals surface area contributed by atoms with Crippen molar-refractivity contribution in [2.24, 2.45) is 5.92 Å². The molecule has 0 aliphatic heterocycles. The van der Waals surface area contributed by atoms with Gasteiger partial charge in [-0.3, -0.25) is 4.79 Å². The summed E-state index contributed by atoms with van der Waals surface area (Å²) in [6.07, 6.45) is 2.09. The first-order chi connectivity index (χ1) is 9.67. The molecule has 0 aliphatic carbocycles. The highest BCUT2D eigenvalue weighted by atomic mass is 35.5. The quantitative estimate of drug-likeness (QED) is 0.772. The Bertz CT molecular complexity index is 577. The molecule has 108 valence electrons. The number of nitrogens with one attached hydrogen (secondary N) is 1. The third-order valence-corrected chi connectivity index (χ3v) is 5.22. The van der Waals surface area contributed by atoms with Gasteiger partial charge in [0.25, 0.3) is 5.91 Å². The van der Waals surface area contributed by atoms with Gasteiger partial charge in [0.05, 0.1) is 10.9 Å². The molecular formula is C16H20ClNOS. The number of hydrogen-bond donors (Lipinski definition) is 1. The summed E-state index contributed by atoms with van der Waals surface area (Å²) in [6.45, 7) is 4.80. The number of fused-ring (bicyclic) bond motifs is 1. The van der Waals surface area contributed by atoms with E-state index in [2.05, 4.69) is 19.2 Å². The van der Waals surface area contributed by atoms with Crippen LogP contribution in [0.15, 0.2) is 29.6 Å². The van der Waals surface area contributed by atoms with Gasteiger partial charge >= 0.3 is 0 Å². The number of benzene rings is 1. The van der Waals surface area contributed by atoms with Crippen molar-refractivity contribution >= 4 is 38.9 Å². The lowest BCUT2D eigenvalue weighted by atomic mass is 9.99. The van der Waals surface area contributed by atoms with Crippen molar-refractivity contribution in [1.29, 1.82) is 0 Å². The van der Waals surface area contributed by atoms with Crippen molar-refractivity contribution in [2.45, 2.75) is 32.1 Å². The number of amides is 1. The molecule has 1 heterocycles. The van der Waals surface area contributed by atoms with Crippen LogP contribution in [0.4, 0.5) is 0 Å². The second kappa shape index (κ2) is 7.09. The number of thiophene rings is 1. The zero-order chi connectivity index (χ0) is 14.5. The molecule has 1 aromatic heterocycles. The Labute approximate surface area is 129 Å². The van der Waals surface area contributed by atoms with Crippen LogP contribution in [0.3, 0.4) is 0 Å². The van der Waals surface area contributed by atoms with Gasteiger partial charge in [-0.1, -0.05) is 44.9 Å². The molecule has 0 fully saturated rings. The largest absolute Gasteiger partial charge is 0.351 e. The molecule has 0 saturated heterocycles. The van der Waals surface area contributed by atoms with Crippen molar-refractivity contribution in [3.8, 4) is 0 Å². The summed E-state index contributed by atoms with van der Waals surface area (Å²) < 4.78 is 1.14. The normalized spacial score (nSPS) is 12.8. The predicted octanol–water partition coefficient (Wildman–Crippen LogP) is 4.67. The Morgan fingerprint density at radius 1 is 1.30 bits per heavy atom. The first-order valence-electron chi connectivity index (χ1n) is 7.05. The van der Waals surface area contributed by atoms with E-state index in [4.69, 9.17) is 11.6 Å². The van der Waals surface area contributed by atoms with E-state index in [1.165, 1.54) is 0 Å². The minimum atomic E-state index is -0.0287. The third-order valence-electron chi connectivity index (χ3n) is 3.74. The number of hydrogen-bond acceptors (Lipinski definition) is 2. The van der Waals surface area contributed by atoms with Crippen LogP contribution in [0, 0.1) is 5.92 Å². The van der Waals surface area contributed by atoms with Gasteiger partial charge in [0.15, 0.2) is 0 Å². The Hall–Kier alpha value is -1.06. The summed E-state index contributed by atoms with van der Waals surface area (Å²) in [7, 11) is 0. The molecule has 0 spiro atoms. The van der Waals surface area contributed by atoms with E-state index >= 15 is 0 Å². The van der Waals surface area contributed by atoms with Crippen LogP contribution in [-0.4, -0.2) is 17.8 Å². The second-order valence-electron chi connectivity index (χ2n) is 4.95. The molecule has 2 nitrogen and oxygen atoms in total. The SMILES string of the molecule is CCC(CC)C(Cl)CNC(=O)c1csc2ccccc12. The van der Waals surface area contributed by atoms with E-state index in [0.29, 0.717) is 12.5 Å². The molecule has 2 rings (SSSR count). The third kappa shape index (κ3) is 3.33. The van der Waals surface area contributed by atoms with Gasteiger partial charge < -0.3 is 5.32 Å². The monoisotopic (exact) mass is 309 g/mol. The lowest BCUT2D eigenvalue weighted by molar-refractivity contribution is 0.0953. The van der Waals surface area contributed by atoms with E-state index < -0.39 is 0 Å². The van der Waals surface area contributed by atoms with Gasteiger partial charge in [-0.25, -0.2) is 0 Å². The zero-order valence-electron chi connectivity index (χ0n) is 11.9. The maximum Gasteiger partial charge on any atom is 0.252 e. The maximum atomic E-state index is 12.3. The van der Waals surface area contributed by atoms with Crippen LogP contribution < -0.4 is 5.32 Å². The maximum absolute atomic E-state index is 12.3. The van der Waals surface area contributed by atoms with Crippen molar-refractivity contribution in [2.75, 3.05) is 6.54 Å². The highest BCUT2D eigenvalue weighted by Gasteiger charge is 2.18. The second-order valence-corrected chi connectivity index (χ2v) is 6.42. The Morgan fingerprint density at radius 3 is 2.70 bits per heavy atom. The number of rotatable bonds is 6. The van der Waals surface area contributed by atoms with E-state index in [0.717, 1.165) is 28.5 Å². The fourth-order valence-corrected chi connectivity index (χ4v) is 3.78. The predicted molar refractivity (Wildman–Crippen MR) is 87.9 cm³/mol. The first kappa shape index (κ1) is 15.3. The Kier molecular flexibility index (Phi) is 5.44. The van der Waals surface area contributed by atoms with Crippen molar-refractivity contribution in [3.63, 3.8) is 0 Å². The fraction of sp³-hybridized carbons (Fsp3) is 0.438. The lowest BCUT2D eigenvalue weighted by Crippen LogP contribution is -2.33. The van der Waals surface area contributed by atoms with Crippen LogP contribution in [-0.2, 0) is 0 Å². The van der Waals surface area contributed by atoms with E-state index in [9.17, 15) is 4.79 Å². The van der Waals surface area contributed by atoms with Crippen molar-refractivity contribution < 1.29 is 4.79 Å². The summed E-state index contributed by atoms with van der Waals surface area (Å²) in [5, 5.41) is 5.90. The zero-order valence-corrected chi connectivity index (χ0v) is 13.4. The van der Waals surface area contributed by atoms with Crippen LogP contribution >= 0.6 is 22.9 Å². The standard InChI is InChI=1S/C16H20ClNOS/c1-3-11(4-2)14(17)9-18-16(19)13-10-20-15-8-6-5-7-12(13)15/h5-8,10-11,14H,3-4,9H2,1-2H3,(H,18,19). The average Bonchev–Trinajstić information content (AvgIpc) is 2.90. The molecule has 4 heteroatoms. The number of alkyl halides is 1. The summed E-state index contributed by atoms with van der Waals surface area (Å²) >= 11 is 7.96. The average molecular weight is 310 g/mol. The van der Waals surface area contributed by atoms with Gasteiger partial charge in [-0.15, -0.1) is 22.9 Å². The molecular weight excluding hydrogens is 290 g/mol. The van der Waals surface area contributed by atoms with Gasteiger partial charge in [0, 0.05) is 22.0 Å². The van der Waals surface area contributed by atoms with Crippen LogP contribution in [0.1, 0.15) is 37.0 Å². The molecule has 1 N–H and O–H groups in total. The first-order valence-corrected chi connectivity index (χ1v) is 8.37. The van der Waals surface area contributed by atoms with Gasteiger partial charge in [-0.2, -0.15) is 0 Å². The van der Waals surface area contributed by atoms with Crippen LogP contribution in [0.5, 0.6) is 0 Å². The van der Waals surface area contributed by atoms with Gasteiger partial charge in [-0.05, 0) is 12.0 Å². The van der Waals surface area contributed by atoms with Gasteiger partial charge in [0.2, 0.25) is 0 Å². The molecule has 2 aromatic rings. The molecule has 0 radical (unpaired) electrons. The summed E-state index contributed by atoms with van der Waals surface area (Å²) in [4.78, 5) is 12.3. The fourth-order valence-electron chi connectivity index (χ4n) is 2.41. The minimum Gasteiger partial charge on any atom is -0.351 e. The highest BCUT2D eigenvalue weighted by Crippen LogP contribution is 2.25. The molecule has 1 atom stereocenters. The minimum absolute atomic E-state index is 0.00106. The molecule has 1 aromatic carbocycles. The summed E-state index contributed by atoms with van der Waals surface area (Å²) in [6, 6.07) is 7.97. The molecule has 20 heavy (non-hydrogen) atoms. The summed E-state index contributed by atoms with van der Waals surface area (Å²) in [5.74, 6) is 0.426. The molecule has 0 aliphatic rings. The molecule has 1 unspecified atom stereocenters. The van der Waals surface area contributed by atoms with Gasteiger partial charge in [0.1, 0.15) is 0 Å². The van der Waals surface area contributed by atoms with Crippen molar-refractivity contribution in [1.82, 2.24) is 5.32 Å². The summed E-state index contributed by atoms with van der Waals surface area (Å²) in [5.41, 5.74) is 0.749. The van der Waals surface area contributed by atoms with E-state index in [1.807, 2.05) is 29.6 Å². The highest BCUT2D eigenvalue weighted by molar-refractivity contribution is 7.17. The topological polar surface area (TPSA) is 29.1 Å². The van der Waals surface area contributed by atoms with E-state index in [1.54, 1.807) is 11.3 Å². The number of carbonyl (C=O) groups excluding carboxylic acids is 1. The molecule has 1 amide bonds. The number of halogens is 1. The smallest absolute Gasteiger partial charge is 0.252 e.